The number of pyridine rings is 1. The van der Waals surface area contributed by atoms with Crippen molar-refractivity contribution in [3.05, 3.63) is 194 Å². The third-order valence-corrected chi connectivity index (χ3v) is 9.34. The zero-order valence-corrected chi connectivity index (χ0v) is 28.3. The van der Waals surface area contributed by atoms with Gasteiger partial charge in [-0.1, -0.05) is 176 Å². The number of hydrogen-bond acceptors (Lipinski definition) is 4. The van der Waals surface area contributed by atoms with Gasteiger partial charge in [-0.25, -0.2) is 19.9 Å². The van der Waals surface area contributed by atoms with E-state index in [-0.39, 0.29) is 0 Å². The maximum atomic E-state index is 5.13. The zero-order valence-electron chi connectivity index (χ0n) is 28.3. The SMILES string of the molecule is c1ccc(-c2cc(-c3ccccc3)nc(-c3ccc(-c4ccc5cccc(-c6nc(-c7ccccc7)nc(-c7ccccc7)n6)c5c4)cc3)c2)cc1. The first-order valence-electron chi connectivity index (χ1n) is 17.4. The highest BCUT2D eigenvalue weighted by atomic mass is 15.0. The molecule has 0 radical (unpaired) electrons. The molecule has 0 aliphatic rings. The van der Waals surface area contributed by atoms with E-state index >= 15 is 0 Å². The van der Waals surface area contributed by atoms with E-state index in [4.69, 9.17) is 19.9 Å². The predicted molar refractivity (Wildman–Crippen MR) is 213 cm³/mol. The van der Waals surface area contributed by atoms with Gasteiger partial charge in [0.15, 0.2) is 17.5 Å². The Bertz CT molecular complexity index is 2530. The highest BCUT2D eigenvalue weighted by Crippen LogP contribution is 2.35. The van der Waals surface area contributed by atoms with Gasteiger partial charge in [-0.05, 0) is 51.2 Å². The number of aromatic nitrogens is 4. The normalized spacial score (nSPS) is 11.1. The van der Waals surface area contributed by atoms with Crippen LogP contribution in [0.25, 0.3) is 89.7 Å². The molecule has 7 aromatic carbocycles. The zero-order chi connectivity index (χ0) is 34.7. The lowest BCUT2D eigenvalue weighted by Gasteiger charge is -2.12. The van der Waals surface area contributed by atoms with Gasteiger partial charge >= 0.3 is 0 Å². The Labute approximate surface area is 302 Å². The van der Waals surface area contributed by atoms with Crippen molar-refractivity contribution in [2.45, 2.75) is 0 Å². The minimum atomic E-state index is 0.643. The summed E-state index contributed by atoms with van der Waals surface area (Å²) in [6.07, 6.45) is 0. The first kappa shape index (κ1) is 31.0. The summed E-state index contributed by atoms with van der Waals surface area (Å²) >= 11 is 0. The molecular formula is C48H32N4. The lowest BCUT2D eigenvalue weighted by atomic mass is 9.96. The summed E-state index contributed by atoms with van der Waals surface area (Å²) < 4.78 is 0. The summed E-state index contributed by atoms with van der Waals surface area (Å²) in [5.74, 6) is 1.94. The van der Waals surface area contributed by atoms with Crippen molar-refractivity contribution >= 4 is 10.8 Å². The average molecular weight is 665 g/mol. The molecule has 0 saturated heterocycles. The van der Waals surface area contributed by atoms with Crippen LogP contribution in [-0.2, 0) is 0 Å². The van der Waals surface area contributed by atoms with Crippen molar-refractivity contribution in [3.63, 3.8) is 0 Å². The van der Waals surface area contributed by atoms with Crippen molar-refractivity contribution < 1.29 is 0 Å². The fourth-order valence-electron chi connectivity index (χ4n) is 6.64. The standard InChI is InChI=1S/C48H32N4/c1-5-14-33(15-6-1)41-31-44(36-16-7-2-8-17-36)49-45(32-41)37-27-24-34(25-28-37)40-29-26-35-22-13-23-42(43(35)30-40)48-51-46(38-18-9-3-10-19-38)50-47(52-48)39-20-11-4-12-21-39/h1-32H. The molecule has 4 nitrogen and oxygen atoms in total. The van der Waals surface area contributed by atoms with Gasteiger partial charge in [0.25, 0.3) is 0 Å². The quantitative estimate of drug-likeness (QED) is 0.170. The molecule has 0 spiro atoms. The summed E-state index contributed by atoms with van der Waals surface area (Å²) in [4.78, 5) is 20.1. The van der Waals surface area contributed by atoms with Crippen LogP contribution < -0.4 is 0 Å². The van der Waals surface area contributed by atoms with Gasteiger partial charge in [-0.3, -0.25) is 0 Å². The summed E-state index contributed by atoms with van der Waals surface area (Å²) in [5, 5.41) is 2.20. The van der Waals surface area contributed by atoms with Crippen LogP contribution in [-0.4, -0.2) is 19.9 Å². The molecule has 52 heavy (non-hydrogen) atoms. The minimum Gasteiger partial charge on any atom is -0.248 e. The topological polar surface area (TPSA) is 51.6 Å². The van der Waals surface area contributed by atoms with Crippen LogP contribution in [0.3, 0.4) is 0 Å². The van der Waals surface area contributed by atoms with Crippen molar-refractivity contribution in [1.82, 2.24) is 19.9 Å². The number of benzene rings is 7. The number of nitrogens with zero attached hydrogens (tertiary/aromatic N) is 4. The van der Waals surface area contributed by atoms with Crippen LogP contribution in [0.15, 0.2) is 194 Å². The van der Waals surface area contributed by atoms with Gasteiger partial charge in [0.05, 0.1) is 11.4 Å². The molecule has 244 valence electrons. The third-order valence-electron chi connectivity index (χ3n) is 9.34. The molecule has 4 heteroatoms. The van der Waals surface area contributed by atoms with Crippen molar-refractivity contribution in [2.75, 3.05) is 0 Å². The Balaban J connectivity index is 1.11. The molecule has 0 amide bonds. The third kappa shape index (κ3) is 6.26. The first-order chi connectivity index (χ1) is 25.7. The molecular weight excluding hydrogens is 633 g/mol. The fourth-order valence-corrected chi connectivity index (χ4v) is 6.64. The second-order valence-corrected chi connectivity index (χ2v) is 12.7. The largest absolute Gasteiger partial charge is 0.248 e. The van der Waals surface area contributed by atoms with E-state index in [9.17, 15) is 0 Å². The first-order valence-corrected chi connectivity index (χ1v) is 17.4. The Hall–Kier alpha value is -7.04. The molecule has 2 aromatic heterocycles. The summed E-state index contributed by atoms with van der Waals surface area (Å²) in [6, 6.07) is 67.0. The number of rotatable bonds is 7. The molecule has 0 atom stereocenters. The van der Waals surface area contributed by atoms with Crippen molar-refractivity contribution in [2.24, 2.45) is 0 Å². The van der Waals surface area contributed by atoms with Crippen LogP contribution in [0.4, 0.5) is 0 Å². The highest BCUT2D eigenvalue weighted by Gasteiger charge is 2.15. The lowest BCUT2D eigenvalue weighted by Crippen LogP contribution is -2.00. The molecule has 0 unspecified atom stereocenters. The summed E-state index contributed by atoms with van der Waals surface area (Å²) in [5.41, 5.74) is 11.4. The van der Waals surface area contributed by atoms with Gasteiger partial charge in [0.2, 0.25) is 0 Å². The second kappa shape index (κ2) is 13.7. The van der Waals surface area contributed by atoms with Crippen molar-refractivity contribution in [3.8, 4) is 78.9 Å². The smallest absolute Gasteiger partial charge is 0.164 e. The molecule has 9 aromatic rings. The fraction of sp³-hybridized carbons (Fsp3) is 0. The van der Waals surface area contributed by atoms with Gasteiger partial charge < -0.3 is 0 Å². The van der Waals surface area contributed by atoms with E-state index in [1.165, 1.54) is 0 Å². The Morgan fingerprint density at radius 1 is 0.250 bits per heavy atom. The molecule has 0 bridgehead atoms. The van der Waals surface area contributed by atoms with Crippen LogP contribution >= 0.6 is 0 Å². The van der Waals surface area contributed by atoms with Crippen LogP contribution in [0.2, 0.25) is 0 Å². The van der Waals surface area contributed by atoms with Crippen molar-refractivity contribution in [1.29, 1.82) is 0 Å². The van der Waals surface area contributed by atoms with E-state index in [2.05, 4.69) is 121 Å². The van der Waals surface area contributed by atoms with E-state index in [0.717, 1.165) is 72.2 Å². The van der Waals surface area contributed by atoms with Crippen LogP contribution in [0, 0.1) is 0 Å². The molecule has 0 aliphatic carbocycles. The van der Waals surface area contributed by atoms with E-state index in [1.54, 1.807) is 0 Å². The monoisotopic (exact) mass is 664 g/mol. The van der Waals surface area contributed by atoms with E-state index < -0.39 is 0 Å². The van der Waals surface area contributed by atoms with Gasteiger partial charge in [-0.15, -0.1) is 0 Å². The maximum Gasteiger partial charge on any atom is 0.164 e. The average Bonchev–Trinajstić information content (AvgIpc) is 3.24. The Kier molecular flexibility index (Phi) is 8.16. The highest BCUT2D eigenvalue weighted by molar-refractivity contribution is 5.98. The maximum absolute atomic E-state index is 5.13. The summed E-state index contributed by atoms with van der Waals surface area (Å²) in [6.45, 7) is 0. The lowest BCUT2D eigenvalue weighted by molar-refractivity contribution is 1.08. The van der Waals surface area contributed by atoms with Gasteiger partial charge in [-0.2, -0.15) is 0 Å². The molecule has 0 fully saturated rings. The van der Waals surface area contributed by atoms with Gasteiger partial charge in [0.1, 0.15) is 0 Å². The molecule has 2 heterocycles. The summed E-state index contributed by atoms with van der Waals surface area (Å²) in [7, 11) is 0. The molecule has 0 aliphatic heterocycles. The number of hydrogen-bond donors (Lipinski definition) is 0. The van der Waals surface area contributed by atoms with E-state index in [0.29, 0.717) is 17.5 Å². The van der Waals surface area contributed by atoms with E-state index in [1.807, 2.05) is 72.8 Å². The predicted octanol–water partition coefficient (Wildman–Crippen LogP) is 12.1. The Morgan fingerprint density at radius 2 is 0.692 bits per heavy atom. The number of fused-ring (bicyclic) bond motifs is 1. The van der Waals surface area contributed by atoms with Crippen LogP contribution in [0.1, 0.15) is 0 Å². The minimum absolute atomic E-state index is 0.643. The Morgan fingerprint density at radius 3 is 1.27 bits per heavy atom. The molecule has 0 saturated carbocycles. The molecule has 0 N–H and O–H groups in total. The van der Waals surface area contributed by atoms with Crippen LogP contribution in [0.5, 0.6) is 0 Å². The van der Waals surface area contributed by atoms with Gasteiger partial charge in [0, 0.05) is 27.8 Å². The molecule has 9 rings (SSSR count). The second-order valence-electron chi connectivity index (χ2n) is 12.7.